The smallest absolute Gasteiger partial charge is 0.188 e. The van der Waals surface area contributed by atoms with Gasteiger partial charge in [-0.15, -0.1) is 24.0 Å². The van der Waals surface area contributed by atoms with Crippen LogP contribution in [0.2, 0.25) is 0 Å². The summed E-state index contributed by atoms with van der Waals surface area (Å²) in [5, 5.41) is 3.18. The third-order valence-electron chi connectivity index (χ3n) is 3.65. The van der Waals surface area contributed by atoms with E-state index in [0.717, 1.165) is 39.2 Å². The lowest BCUT2D eigenvalue weighted by Crippen LogP contribution is -2.45. The minimum atomic E-state index is 0. The van der Waals surface area contributed by atoms with Crippen LogP contribution in [0.4, 0.5) is 0 Å². The first-order valence-electron chi connectivity index (χ1n) is 8.49. The summed E-state index contributed by atoms with van der Waals surface area (Å²) in [4.78, 5) is 6.87. The molecule has 6 heteroatoms. The van der Waals surface area contributed by atoms with Gasteiger partial charge in [-0.2, -0.15) is 0 Å². The van der Waals surface area contributed by atoms with E-state index in [1.165, 1.54) is 19.3 Å². The highest BCUT2D eigenvalue weighted by molar-refractivity contribution is 14.0. The molecule has 1 saturated heterocycles. The summed E-state index contributed by atoms with van der Waals surface area (Å²) in [6, 6.07) is 0. The molecule has 22 heavy (non-hydrogen) atoms. The van der Waals surface area contributed by atoms with Crippen molar-refractivity contribution < 1.29 is 4.74 Å². The van der Waals surface area contributed by atoms with Gasteiger partial charge < -0.3 is 15.8 Å². The van der Waals surface area contributed by atoms with Crippen LogP contribution in [0.15, 0.2) is 4.99 Å². The largest absolute Gasteiger partial charge is 0.374 e. The van der Waals surface area contributed by atoms with Crippen molar-refractivity contribution in [2.45, 2.75) is 52.6 Å². The second kappa shape index (κ2) is 13.4. The van der Waals surface area contributed by atoms with E-state index in [1.54, 1.807) is 0 Å². The van der Waals surface area contributed by atoms with Gasteiger partial charge in [-0.3, -0.25) is 9.89 Å². The zero-order valence-corrected chi connectivity index (χ0v) is 16.8. The van der Waals surface area contributed by atoms with Crippen molar-refractivity contribution in [2.75, 3.05) is 39.3 Å². The Balaban J connectivity index is 0.00000441. The lowest BCUT2D eigenvalue weighted by Gasteiger charge is -2.33. The number of guanidine groups is 1. The van der Waals surface area contributed by atoms with Crippen molar-refractivity contribution in [2.24, 2.45) is 16.6 Å². The van der Waals surface area contributed by atoms with Crippen molar-refractivity contribution in [3.8, 4) is 0 Å². The Kier molecular flexibility index (Phi) is 13.3. The maximum absolute atomic E-state index is 5.89. The first kappa shape index (κ1) is 21.9. The Morgan fingerprint density at radius 1 is 1.36 bits per heavy atom. The highest BCUT2D eigenvalue weighted by atomic mass is 127. The van der Waals surface area contributed by atoms with Crippen LogP contribution in [-0.2, 0) is 4.74 Å². The van der Waals surface area contributed by atoms with Gasteiger partial charge in [0.2, 0.25) is 0 Å². The Bertz CT molecular complexity index is 300. The number of nitrogens with one attached hydrogen (secondary N) is 1. The number of halogens is 1. The van der Waals surface area contributed by atoms with E-state index in [2.05, 4.69) is 36.0 Å². The number of hydrogen-bond acceptors (Lipinski definition) is 3. The maximum Gasteiger partial charge on any atom is 0.188 e. The highest BCUT2D eigenvalue weighted by Gasteiger charge is 2.20. The second-order valence-corrected chi connectivity index (χ2v) is 6.36. The molecule has 1 aliphatic heterocycles. The lowest BCUT2D eigenvalue weighted by molar-refractivity contribution is -0.0261. The first-order chi connectivity index (χ1) is 10.1. The molecule has 0 saturated carbocycles. The Hall–Kier alpha value is -0.0800. The Morgan fingerprint density at radius 3 is 2.82 bits per heavy atom. The Morgan fingerprint density at radius 2 is 2.14 bits per heavy atom. The minimum Gasteiger partial charge on any atom is -0.374 e. The summed E-state index contributed by atoms with van der Waals surface area (Å²) in [7, 11) is 0. The number of nitrogens with two attached hydrogens (primary N) is 1. The van der Waals surface area contributed by atoms with Gasteiger partial charge in [-0.1, -0.05) is 40.0 Å². The van der Waals surface area contributed by atoms with Crippen molar-refractivity contribution in [3.05, 3.63) is 0 Å². The summed E-state index contributed by atoms with van der Waals surface area (Å²) >= 11 is 0. The number of rotatable bonds is 9. The molecule has 0 aromatic rings. The average molecular weight is 426 g/mol. The first-order valence-corrected chi connectivity index (χ1v) is 8.49. The molecule has 3 N–H and O–H groups in total. The average Bonchev–Trinajstić information content (AvgIpc) is 2.44. The quantitative estimate of drug-likeness (QED) is 0.257. The molecule has 0 aromatic carbocycles. The summed E-state index contributed by atoms with van der Waals surface area (Å²) in [5.41, 5.74) is 5.89. The van der Waals surface area contributed by atoms with Crippen molar-refractivity contribution in [1.82, 2.24) is 10.2 Å². The maximum atomic E-state index is 5.89. The molecule has 0 spiro atoms. The number of unbranched alkanes of at least 4 members (excludes halogenated alkanes) is 3. The van der Waals surface area contributed by atoms with Crippen molar-refractivity contribution in [3.63, 3.8) is 0 Å². The number of morpholine rings is 1. The summed E-state index contributed by atoms with van der Waals surface area (Å²) in [6.07, 6.45) is 5.15. The van der Waals surface area contributed by atoms with Crippen molar-refractivity contribution >= 4 is 29.9 Å². The SMILES string of the molecule is CCCCCCNC(N)=NCC1CN(CC(C)C)CCO1.I. The molecular weight excluding hydrogens is 391 g/mol. The molecule has 1 heterocycles. The van der Waals surface area contributed by atoms with Crippen LogP contribution >= 0.6 is 24.0 Å². The lowest BCUT2D eigenvalue weighted by atomic mass is 10.2. The number of aliphatic imine (C=N–C) groups is 1. The molecule has 1 atom stereocenters. The van der Waals surface area contributed by atoms with Gasteiger partial charge in [0.1, 0.15) is 0 Å². The van der Waals surface area contributed by atoms with Crippen LogP contribution in [0.1, 0.15) is 46.5 Å². The van der Waals surface area contributed by atoms with Gasteiger partial charge in [0.05, 0.1) is 19.3 Å². The van der Waals surface area contributed by atoms with Crippen LogP contribution < -0.4 is 11.1 Å². The number of hydrogen-bond donors (Lipinski definition) is 2. The second-order valence-electron chi connectivity index (χ2n) is 6.36. The summed E-state index contributed by atoms with van der Waals surface area (Å²) < 4.78 is 5.77. The molecule has 1 unspecified atom stereocenters. The van der Waals surface area contributed by atoms with Crippen LogP contribution in [0, 0.1) is 5.92 Å². The topological polar surface area (TPSA) is 62.9 Å². The van der Waals surface area contributed by atoms with Crippen LogP contribution in [0.5, 0.6) is 0 Å². The van der Waals surface area contributed by atoms with Gasteiger partial charge in [0.25, 0.3) is 0 Å². The molecule has 1 aliphatic rings. The normalized spacial score (nSPS) is 20.0. The zero-order valence-electron chi connectivity index (χ0n) is 14.5. The van der Waals surface area contributed by atoms with Crippen LogP contribution in [0.3, 0.4) is 0 Å². The van der Waals surface area contributed by atoms with Crippen molar-refractivity contribution in [1.29, 1.82) is 0 Å². The van der Waals surface area contributed by atoms with E-state index < -0.39 is 0 Å². The van der Waals surface area contributed by atoms with E-state index in [0.29, 0.717) is 18.4 Å². The molecule has 1 fully saturated rings. The Labute approximate surface area is 153 Å². The molecule has 0 bridgehead atoms. The fourth-order valence-corrected chi connectivity index (χ4v) is 2.60. The standard InChI is InChI=1S/C16H34N4O.HI/c1-4-5-6-7-8-18-16(17)19-11-15-13-20(9-10-21-15)12-14(2)3;/h14-15H,4-13H2,1-3H3,(H3,17,18,19);1H. The summed E-state index contributed by atoms with van der Waals surface area (Å²) in [5.74, 6) is 1.25. The molecule has 0 radical (unpaired) electrons. The molecule has 1 rings (SSSR count). The minimum absolute atomic E-state index is 0. The monoisotopic (exact) mass is 426 g/mol. The third kappa shape index (κ3) is 10.6. The van der Waals surface area contributed by atoms with E-state index in [9.17, 15) is 0 Å². The number of ether oxygens (including phenoxy) is 1. The fourth-order valence-electron chi connectivity index (χ4n) is 2.60. The molecule has 0 amide bonds. The molecule has 132 valence electrons. The van der Waals surface area contributed by atoms with E-state index in [1.807, 2.05) is 0 Å². The van der Waals surface area contributed by atoms with E-state index >= 15 is 0 Å². The van der Waals surface area contributed by atoms with Gasteiger partial charge in [-0.05, 0) is 12.3 Å². The van der Waals surface area contributed by atoms with E-state index in [4.69, 9.17) is 10.5 Å². The highest BCUT2D eigenvalue weighted by Crippen LogP contribution is 2.08. The predicted molar refractivity (Wildman–Crippen MR) is 105 cm³/mol. The molecule has 0 aromatic heterocycles. The number of nitrogens with zero attached hydrogens (tertiary/aromatic N) is 2. The van der Waals surface area contributed by atoms with Gasteiger partial charge >= 0.3 is 0 Å². The third-order valence-corrected chi connectivity index (χ3v) is 3.65. The van der Waals surface area contributed by atoms with Crippen LogP contribution in [0.25, 0.3) is 0 Å². The molecular formula is C16H35IN4O. The van der Waals surface area contributed by atoms with Gasteiger partial charge in [0, 0.05) is 26.2 Å². The summed E-state index contributed by atoms with van der Waals surface area (Å²) in [6.45, 7) is 12.2. The molecule has 0 aliphatic carbocycles. The van der Waals surface area contributed by atoms with E-state index in [-0.39, 0.29) is 30.1 Å². The van der Waals surface area contributed by atoms with Gasteiger partial charge in [0.15, 0.2) is 5.96 Å². The van der Waals surface area contributed by atoms with Crippen LogP contribution in [-0.4, -0.2) is 56.3 Å². The molecule has 5 nitrogen and oxygen atoms in total. The zero-order chi connectivity index (χ0) is 15.5. The van der Waals surface area contributed by atoms with Gasteiger partial charge in [-0.25, -0.2) is 0 Å². The predicted octanol–water partition coefficient (Wildman–Crippen LogP) is 2.45. The fraction of sp³-hybridized carbons (Fsp3) is 0.938.